The molecule has 0 amide bonds. The van der Waals surface area contributed by atoms with Gasteiger partial charge in [-0.2, -0.15) is 5.11 Å². The molecule has 4 nitrogen and oxygen atoms in total. The normalized spacial score (nSPS) is 11.6. The molecule has 0 aliphatic heterocycles. The third-order valence-electron chi connectivity index (χ3n) is 3.04. The average molecular weight is 287 g/mol. The van der Waals surface area contributed by atoms with Crippen molar-refractivity contribution in [3.63, 3.8) is 0 Å². The minimum Gasteiger partial charge on any atom is -0.493 e. The van der Waals surface area contributed by atoms with Crippen LogP contribution in [0.25, 0.3) is 10.9 Å². The van der Waals surface area contributed by atoms with Crippen LogP contribution in [-0.2, 0) is 0 Å². The standard InChI is InChI=1S/C15H11F2N3O/c1-8-3-2-4-10(5-8)19-20-14-11-6-9(16)7-12(17)13(11)18-15(14)21/h2-7,18,21H,1H3. The van der Waals surface area contributed by atoms with Gasteiger partial charge >= 0.3 is 0 Å². The van der Waals surface area contributed by atoms with Crippen molar-refractivity contribution >= 4 is 22.3 Å². The van der Waals surface area contributed by atoms with Crippen molar-refractivity contribution in [3.8, 4) is 5.88 Å². The predicted octanol–water partition coefficient (Wildman–Crippen LogP) is 4.88. The number of aromatic nitrogens is 1. The molecule has 2 N–H and O–H groups in total. The van der Waals surface area contributed by atoms with E-state index in [1.165, 1.54) is 0 Å². The van der Waals surface area contributed by atoms with E-state index in [-0.39, 0.29) is 22.5 Å². The van der Waals surface area contributed by atoms with Crippen LogP contribution in [-0.4, -0.2) is 10.1 Å². The zero-order valence-electron chi connectivity index (χ0n) is 11.1. The second-order valence-corrected chi connectivity index (χ2v) is 4.67. The highest BCUT2D eigenvalue weighted by molar-refractivity contribution is 5.94. The lowest BCUT2D eigenvalue weighted by molar-refractivity contribution is 0.459. The van der Waals surface area contributed by atoms with E-state index in [9.17, 15) is 13.9 Å². The molecule has 0 unspecified atom stereocenters. The fourth-order valence-corrected chi connectivity index (χ4v) is 2.09. The van der Waals surface area contributed by atoms with Gasteiger partial charge in [0.2, 0.25) is 5.88 Å². The number of hydrogen-bond acceptors (Lipinski definition) is 3. The lowest BCUT2D eigenvalue weighted by Gasteiger charge is -1.96. The largest absolute Gasteiger partial charge is 0.493 e. The molecule has 0 aliphatic carbocycles. The number of H-pyrrole nitrogens is 1. The first-order valence-electron chi connectivity index (χ1n) is 6.22. The molecule has 0 fully saturated rings. The molecule has 0 aliphatic rings. The van der Waals surface area contributed by atoms with E-state index in [2.05, 4.69) is 15.2 Å². The third kappa shape index (κ3) is 2.47. The Hall–Kier alpha value is -2.76. The van der Waals surface area contributed by atoms with Crippen molar-refractivity contribution in [1.82, 2.24) is 4.98 Å². The fraction of sp³-hybridized carbons (Fsp3) is 0.0667. The molecule has 0 bridgehead atoms. The molecule has 0 atom stereocenters. The van der Waals surface area contributed by atoms with Crippen molar-refractivity contribution in [2.75, 3.05) is 0 Å². The van der Waals surface area contributed by atoms with Crippen molar-refractivity contribution in [2.45, 2.75) is 6.92 Å². The zero-order chi connectivity index (χ0) is 15.0. The van der Waals surface area contributed by atoms with Crippen molar-refractivity contribution in [1.29, 1.82) is 0 Å². The summed E-state index contributed by atoms with van der Waals surface area (Å²) in [5.41, 5.74) is 1.59. The monoisotopic (exact) mass is 287 g/mol. The van der Waals surface area contributed by atoms with Gasteiger partial charge in [-0.3, -0.25) is 0 Å². The van der Waals surface area contributed by atoms with Crippen LogP contribution in [0.4, 0.5) is 20.2 Å². The van der Waals surface area contributed by atoms with Gasteiger partial charge in [0.05, 0.1) is 11.2 Å². The first kappa shape index (κ1) is 13.2. The number of azo groups is 1. The van der Waals surface area contributed by atoms with Gasteiger partial charge in [0.1, 0.15) is 11.6 Å². The first-order chi connectivity index (χ1) is 10.0. The Bertz CT molecular complexity index is 855. The van der Waals surface area contributed by atoms with Crippen molar-refractivity contribution in [2.24, 2.45) is 10.2 Å². The summed E-state index contributed by atoms with van der Waals surface area (Å²) in [6.45, 7) is 1.91. The maximum absolute atomic E-state index is 13.6. The summed E-state index contributed by atoms with van der Waals surface area (Å²) in [7, 11) is 0. The van der Waals surface area contributed by atoms with Gasteiger partial charge < -0.3 is 10.1 Å². The number of nitrogens with zero attached hydrogens (tertiary/aromatic N) is 2. The van der Waals surface area contributed by atoms with Crippen LogP contribution in [0.1, 0.15) is 5.56 Å². The summed E-state index contributed by atoms with van der Waals surface area (Å²) in [6.07, 6.45) is 0. The van der Waals surface area contributed by atoms with Gasteiger partial charge in [0.15, 0.2) is 5.69 Å². The van der Waals surface area contributed by atoms with E-state index >= 15 is 0 Å². The minimum absolute atomic E-state index is 0.00454. The Morgan fingerprint density at radius 3 is 2.67 bits per heavy atom. The second-order valence-electron chi connectivity index (χ2n) is 4.67. The molecule has 3 rings (SSSR count). The van der Waals surface area contributed by atoms with Crippen molar-refractivity contribution in [3.05, 3.63) is 53.6 Å². The van der Waals surface area contributed by atoms with Gasteiger partial charge in [0, 0.05) is 11.5 Å². The molecule has 0 spiro atoms. The third-order valence-corrected chi connectivity index (χ3v) is 3.04. The number of aromatic amines is 1. The quantitative estimate of drug-likeness (QED) is 0.648. The van der Waals surface area contributed by atoms with Crippen LogP contribution < -0.4 is 0 Å². The van der Waals surface area contributed by atoms with Gasteiger partial charge in [0.25, 0.3) is 0 Å². The molecule has 1 aromatic heterocycles. The summed E-state index contributed by atoms with van der Waals surface area (Å²) >= 11 is 0. The molecule has 0 saturated carbocycles. The lowest BCUT2D eigenvalue weighted by Crippen LogP contribution is -1.80. The van der Waals surface area contributed by atoms with Crippen molar-refractivity contribution < 1.29 is 13.9 Å². The number of hydrogen-bond donors (Lipinski definition) is 2. The van der Waals surface area contributed by atoms with E-state index in [0.717, 1.165) is 17.7 Å². The van der Waals surface area contributed by atoms with Crippen LogP contribution in [0.5, 0.6) is 5.88 Å². The Labute approximate surface area is 118 Å². The Morgan fingerprint density at radius 2 is 1.90 bits per heavy atom. The Kier molecular flexibility index (Phi) is 3.13. The Balaban J connectivity index is 2.10. The molecule has 0 saturated heterocycles. The summed E-state index contributed by atoms with van der Waals surface area (Å²) in [5.74, 6) is -1.89. The number of benzene rings is 2. The van der Waals surface area contributed by atoms with Gasteiger partial charge in [-0.15, -0.1) is 5.11 Å². The number of halogens is 2. The van der Waals surface area contributed by atoms with Crippen LogP contribution in [0.15, 0.2) is 46.6 Å². The molecule has 106 valence electrons. The smallest absolute Gasteiger partial charge is 0.218 e. The SMILES string of the molecule is Cc1cccc(N=Nc2c(O)[nH]c3c(F)cc(F)cc23)c1. The van der Waals surface area contributed by atoms with E-state index in [4.69, 9.17) is 0 Å². The Morgan fingerprint density at radius 1 is 1.10 bits per heavy atom. The average Bonchev–Trinajstić information content (AvgIpc) is 2.73. The molecule has 6 heteroatoms. The molecular weight excluding hydrogens is 276 g/mol. The maximum atomic E-state index is 13.6. The summed E-state index contributed by atoms with van der Waals surface area (Å²) in [5, 5.41) is 17.8. The van der Waals surface area contributed by atoms with Crippen LogP contribution in [0.2, 0.25) is 0 Å². The highest BCUT2D eigenvalue weighted by Crippen LogP contribution is 2.37. The number of rotatable bonds is 2. The van der Waals surface area contributed by atoms with E-state index in [1.54, 1.807) is 12.1 Å². The summed E-state index contributed by atoms with van der Waals surface area (Å²) < 4.78 is 26.9. The first-order valence-corrected chi connectivity index (χ1v) is 6.22. The van der Waals surface area contributed by atoms with E-state index in [1.807, 2.05) is 19.1 Å². The molecule has 21 heavy (non-hydrogen) atoms. The van der Waals surface area contributed by atoms with Gasteiger partial charge in [-0.05, 0) is 30.7 Å². The number of nitrogens with one attached hydrogen (secondary N) is 1. The fourth-order valence-electron chi connectivity index (χ4n) is 2.09. The van der Waals surface area contributed by atoms with E-state index < -0.39 is 11.6 Å². The highest BCUT2D eigenvalue weighted by Gasteiger charge is 2.15. The lowest BCUT2D eigenvalue weighted by atomic mass is 10.2. The summed E-state index contributed by atoms with van der Waals surface area (Å²) in [6, 6.07) is 9.10. The number of fused-ring (bicyclic) bond motifs is 1. The highest BCUT2D eigenvalue weighted by atomic mass is 19.1. The second kappa shape index (κ2) is 4.97. The zero-order valence-corrected chi connectivity index (χ0v) is 11.1. The number of aromatic hydroxyl groups is 1. The number of aryl methyl sites for hydroxylation is 1. The molecule has 2 aromatic carbocycles. The molecule has 1 heterocycles. The maximum Gasteiger partial charge on any atom is 0.218 e. The van der Waals surface area contributed by atoms with E-state index in [0.29, 0.717) is 5.69 Å². The van der Waals surface area contributed by atoms with Crippen LogP contribution in [0, 0.1) is 18.6 Å². The molecule has 3 aromatic rings. The molecular formula is C15H11F2N3O. The topological polar surface area (TPSA) is 60.7 Å². The summed E-state index contributed by atoms with van der Waals surface area (Å²) in [4.78, 5) is 2.43. The van der Waals surface area contributed by atoms with Crippen LogP contribution in [0.3, 0.4) is 0 Å². The molecule has 0 radical (unpaired) electrons. The van der Waals surface area contributed by atoms with Gasteiger partial charge in [-0.1, -0.05) is 12.1 Å². The van der Waals surface area contributed by atoms with Crippen LogP contribution >= 0.6 is 0 Å². The minimum atomic E-state index is -0.794. The predicted molar refractivity (Wildman–Crippen MR) is 75.2 cm³/mol. The van der Waals surface area contributed by atoms with Gasteiger partial charge in [-0.25, -0.2) is 8.78 Å².